The molecule has 0 atom stereocenters. The van der Waals surface area contributed by atoms with Crippen molar-refractivity contribution in [2.45, 2.75) is 0 Å². The van der Waals surface area contributed by atoms with Gasteiger partial charge in [-0.1, -0.05) is 15.9 Å². The Balaban J connectivity index is 2.25. The predicted molar refractivity (Wildman–Crippen MR) is 76.7 cm³/mol. The third-order valence-electron chi connectivity index (χ3n) is 2.61. The van der Waals surface area contributed by atoms with Crippen LogP contribution >= 0.6 is 15.9 Å². The highest BCUT2D eigenvalue weighted by atomic mass is 79.9. The summed E-state index contributed by atoms with van der Waals surface area (Å²) in [6.45, 7) is 0. The first-order valence-corrected chi connectivity index (χ1v) is 6.44. The van der Waals surface area contributed by atoms with Crippen molar-refractivity contribution in [2.75, 3.05) is 12.4 Å². The minimum Gasteiger partial charge on any atom is -0.507 e. The smallest absolute Gasteiger partial charge is 0.259 e. The van der Waals surface area contributed by atoms with E-state index in [1.807, 2.05) is 0 Å². The highest BCUT2D eigenvalue weighted by Gasteiger charge is 2.13. The Labute approximate surface area is 123 Å². The van der Waals surface area contributed by atoms with Crippen molar-refractivity contribution < 1.29 is 19.0 Å². The van der Waals surface area contributed by atoms with Crippen molar-refractivity contribution >= 4 is 27.5 Å². The quantitative estimate of drug-likeness (QED) is 0.898. The summed E-state index contributed by atoms with van der Waals surface area (Å²) < 4.78 is 18.8. The van der Waals surface area contributed by atoms with E-state index in [1.54, 1.807) is 6.07 Å². The van der Waals surface area contributed by atoms with Gasteiger partial charge in [-0.3, -0.25) is 4.79 Å². The van der Waals surface area contributed by atoms with Gasteiger partial charge in [-0.2, -0.15) is 0 Å². The zero-order valence-electron chi connectivity index (χ0n) is 10.5. The van der Waals surface area contributed by atoms with E-state index in [-0.39, 0.29) is 17.1 Å². The Morgan fingerprint density at radius 3 is 2.75 bits per heavy atom. The minimum atomic E-state index is -0.518. The molecule has 0 radical (unpaired) electrons. The first kappa shape index (κ1) is 14.3. The summed E-state index contributed by atoms with van der Waals surface area (Å²) in [7, 11) is 1.34. The number of carbonyl (C=O) groups excluding carboxylic acids is 1. The molecule has 0 saturated carbocycles. The van der Waals surface area contributed by atoms with Crippen molar-refractivity contribution in [1.29, 1.82) is 0 Å². The SMILES string of the molecule is COc1cc(NC(=O)c2cc(Br)ccc2O)ccc1F. The molecule has 0 aliphatic heterocycles. The van der Waals surface area contributed by atoms with E-state index in [0.717, 1.165) is 0 Å². The van der Waals surface area contributed by atoms with Crippen LogP contribution in [-0.2, 0) is 0 Å². The monoisotopic (exact) mass is 339 g/mol. The highest BCUT2D eigenvalue weighted by Crippen LogP contribution is 2.25. The first-order valence-electron chi connectivity index (χ1n) is 5.64. The van der Waals surface area contributed by atoms with E-state index in [2.05, 4.69) is 21.2 Å². The Kier molecular flexibility index (Phi) is 4.24. The van der Waals surface area contributed by atoms with Gasteiger partial charge in [0.2, 0.25) is 0 Å². The number of benzene rings is 2. The topological polar surface area (TPSA) is 58.6 Å². The van der Waals surface area contributed by atoms with Crippen molar-refractivity contribution in [3.05, 3.63) is 52.3 Å². The number of hydrogen-bond acceptors (Lipinski definition) is 3. The molecular weight excluding hydrogens is 329 g/mol. The fourth-order valence-electron chi connectivity index (χ4n) is 1.63. The van der Waals surface area contributed by atoms with Gasteiger partial charge in [0.05, 0.1) is 12.7 Å². The molecule has 104 valence electrons. The highest BCUT2D eigenvalue weighted by molar-refractivity contribution is 9.10. The predicted octanol–water partition coefficient (Wildman–Crippen LogP) is 3.55. The summed E-state index contributed by atoms with van der Waals surface area (Å²) in [4.78, 5) is 12.0. The van der Waals surface area contributed by atoms with Gasteiger partial charge in [0.25, 0.3) is 5.91 Å². The van der Waals surface area contributed by atoms with Crippen LogP contribution in [-0.4, -0.2) is 18.1 Å². The van der Waals surface area contributed by atoms with Gasteiger partial charge < -0.3 is 15.2 Å². The van der Waals surface area contributed by atoms with Crippen molar-refractivity contribution in [2.24, 2.45) is 0 Å². The van der Waals surface area contributed by atoms with Crippen LogP contribution in [0.25, 0.3) is 0 Å². The lowest BCUT2D eigenvalue weighted by Gasteiger charge is -2.09. The Bertz CT molecular complexity index is 661. The van der Waals surface area contributed by atoms with E-state index in [1.165, 1.54) is 37.4 Å². The number of rotatable bonds is 3. The summed E-state index contributed by atoms with van der Waals surface area (Å²) in [5.41, 5.74) is 0.482. The van der Waals surface area contributed by atoms with E-state index in [4.69, 9.17) is 4.74 Å². The fraction of sp³-hybridized carbons (Fsp3) is 0.0714. The van der Waals surface area contributed by atoms with Crippen LogP contribution in [0.2, 0.25) is 0 Å². The second-order valence-corrected chi connectivity index (χ2v) is 4.88. The average molecular weight is 340 g/mol. The summed E-state index contributed by atoms with van der Waals surface area (Å²) >= 11 is 3.22. The Morgan fingerprint density at radius 1 is 1.30 bits per heavy atom. The van der Waals surface area contributed by atoms with Crippen LogP contribution < -0.4 is 10.1 Å². The number of phenolic OH excluding ortho intramolecular Hbond substituents is 1. The lowest BCUT2D eigenvalue weighted by atomic mass is 10.2. The van der Waals surface area contributed by atoms with Crippen molar-refractivity contribution in [1.82, 2.24) is 0 Å². The molecule has 0 fully saturated rings. The zero-order chi connectivity index (χ0) is 14.7. The maximum atomic E-state index is 13.3. The maximum absolute atomic E-state index is 13.3. The molecule has 2 aromatic rings. The molecule has 2 rings (SSSR count). The van der Waals surface area contributed by atoms with E-state index in [0.29, 0.717) is 10.2 Å². The van der Waals surface area contributed by atoms with Gasteiger partial charge in [-0.05, 0) is 30.3 Å². The Morgan fingerprint density at radius 2 is 2.05 bits per heavy atom. The molecule has 20 heavy (non-hydrogen) atoms. The molecule has 0 spiro atoms. The maximum Gasteiger partial charge on any atom is 0.259 e. The summed E-state index contributed by atoms with van der Waals surface area (Å²) in [5.74, 6) is -1.13. The van der Waals surface area contributed by atoms with Gasteiger partial charge in [-0.15, -0.1) is 0 Å². The summed E-state index contributed by atoms with van der Waals surface area (Å²) in [6, 6.07) is 8.48. The largest absolute Gasteiger partial charge is 0.507 e. The molecule has 2 aromatic carbocycles. The second-order valence-electron chi connectivity index (χ2n) is 3.96. The number of aromatic hydroxyl groups is 1. The van der Waals surface area contributed by atoms with Crippen LogP contribution in [0.5, 0.6) is 11.5 Å². The van der Waals surface area contributed by atoms with Gasteiger partial charge in [0.1, 0.15) is 5.75 Å². The molecule has 0 saturated heterocycles. The third-order valence-corrected chi connectivity index (χ3v) is 3.11. The third kappa shape index (κ3) is 3.08. The molecule has 0 bridgehead atoms. The normalized spacial score (nSPS) is 10.2. The standard InChI is InChI=1S/C14H11BrFNO3/c1-20-13-7-9(3-4-11(13)16)17-14(19)10-6-8(15)2-5-12(10)18/h2-7,18H,1H3,(H,17,19). The average Bonchev–Trinajstić information content (AvgIpc) is 2.43. The van der Waals surface area contributed by atoms with Crippen molar-refractivity contribution in [3.63, 3.8) is 0 Å². The number of methoxy groups -OCH3 is 1. The second kappa shape index (κ2) is 5.92. The zero-order valence-corrected chi connectivity index (χ0v) is 12.1. The molecule has 1 amide bonds. The van der Waals surface area contributed by atoms with Crippen LogP contribution in [0, 0.1) is 5.82 Å². The molecule has 6 heteroatoms. The number of amides is 1. The number of nitrogens with one attached hydrogen (secondary N) is 1. The molecule has 0 aliphatic carbocycles. The molecule has 0 aromatic heterocycles. The van der Waals surface area contributed by atoms with E-state index < -0.39 is 11.7 Å². The van der Waals surface area contributed by atoms with Crippen LogP contribution in [0.15, 0.2) is 40.9 Å². The molecule has 0 aliphatic rings. The van der Waals surface area contributed by atoms with E-state index >= 15 is 0 Å². The van der Waals surface area contributed by atoms with Crippen LogP contribution in [0.1, 0.15) is 10.4 Å². The fourth-order valence-corrected chi connectivity index (χ4v) is 1.99. The molecule has 0 heterocycles. The van der Waals surface area contributed by atoms with E-state index in [9.17, 15) is 14.3 Å². The molecule has 2 N–H and O–H groups in total. The number of halogens is 2. The van der Waals surface area contributed by atoms with Gasteiger partial charge >= 0.3 is 0 Å². The Hall–Kier alpha value is -2.08. The summed E-state index contributed by atoms with van der Waals surface area (Å²) in [6.07, 6.45) is 0. The van der Waals surface area contributed by atoms with Crippen LogP contribution in [0.4, 0.5) is 10.1 Å². The molecule has 4 nitrogen and oxygen atoms in total. The lowest BCUT2D eigenvalue weighted by Crippen LogP contribution is -2.12. The van der Waals surface area contributed by atoms with Crippen LogP contribution in [0.3, 0.4) is 0 Å². The molecular formula is C14H11BrFNO3. The number of hydrogen-bond donors (Lipinski definition) is 2. The van der Waals surface area contributed by atoms with Gasteiger partial charge in [0.15, 0.2) is 11.6 Å². The number of ether oxygens (including phenoxy) is 1. The lowest BCUT2D eigenvalue weighted by molar-refractivity contribution is 0.102. The molecule has 0 unspecified atom stereocenters. The minimum absolute atomic E-state index is 0.0289. The van der Waals surface area contributed by atoms with Gasteiger partial charge in [-0.25, -0.2) is 4.39 Å². The first-order chi connectivity index (χ1) is 9.51. The van der Waals surface area contributed by atoms with Gasteiger partial charge in [0, 0.05) is 16.2 Å². The van der Waals surface area contributed by atoms with Crippen molar-refractivity contribution in [3.8, 4) is 11.5 Å². The number of anilines is 1. The number of carbonyl (C=O) groups is 1. The number of phenols is 1. The summed E-state index contributed by atoms with van der Waals surface area (Å²) in [5, 5.41) is 12.2.